The molecule has 10 N–H and O–H groups in total. The summed E-state index contributed by atoms with van der Waals surface area (Å²) >= 11 is -0.472. The van der Waals surface area contributed by atoms with E-state index in [1.54, 1.807) is 0 Å². The van der Waals surface area contributed by atoms with Crippen LogP contribution in [0.3, 0.4) is 0 Å². The Morgan fingerprint density at radius 3 is 0.786 bits per heavy atom. The van der Waals surface area contributed by atoms with Gasteiger partial charge in [0.05, 0.1) is 0 Å². The molecule has 0 rings (SSSR count). The third-order valence-electron chi connectivity index (χ3n) is 0. The molecule has 0 aromatic carbocycles. The molecule has 0 aliphatic rings. The van der Waals surface area contributed by atoms with Crippen LogP contribution in [0.4, 0.5) is 0 Å². The van der Waals surface area contributed by atoms with Crippen molar-refractivity contribution in [2.75, 3.05) is 0 Å². The van der Waals surface area contributed by atoms with Crippen LogP contribution in [-0.2, 0) is 16.5 Å². The Labute approximate surface area is 103 Å². The molecule has 0 spiro atoms. The summed E-state index contributed by atoms with van der Waals surface area (Å²) in [6, 6.07) is 0.667. The zero-order valence-electron chi connectivity index (χ0n) is 8.88. The molecule has 0 saturated heterocycles. The molecule has 0 aromatic rings. The molecule has 0 radical (unpaired) electrons. The molecule has 0 heterocycles. The van der Waals surface area contributed by atoms with E-state index in [0.717, 1.165) is 0 Å². The fourth-order valence-corrected chi connectivity index (χ4v) is 0. The van der Waals surface area contributed by atoms with Gasteiger partial charge < -0.3 is 27.9 Å². The van der Waals surface area contributed by atoms with Crippen molar-refractivity contribution in [3.8, 4) is 0 Å². The Hall–Kier alpha value is 1.07. The summed E-state index contributed by atoms with van der Waals surface area (Å²) in [6.07, 6.45) is 0. The zero-order valence-corrected chi connectivity index (χ0v) is 12.7. The van der Waals surface area contributed by atoms with Gasteiger partial charge in [-0.3, -0.25) is 0 Å². The van der Waals surface area contributed by atoms with Gasteiger partial charge in [0.2, 0.25) is 0 Å². The summed E-state index contributed by atoms with van der Waals surface area (Å²) in [5.41, 5.74) is 10.2. The van der Waals surface area contributed by atoms with Crippen LogP contribution < -0.4 is 11.5 Å². The van der Waals surface area contributed by atoms with E-state index < -0.39 is 16.5 Å². The van der Waals surface area contributed by atoms with Crippen LogP contribution >= 0.6 is 18.8 Å². The third-order valence-corrected chi connectivity index (χ3v) is 0. The van der Waals surface area contributed by atoms with Gasteiger partial charge >= 0.3 is 35.3 Å². The topological polar surface area (TPSA) is 147 Å². The first-order valence-electron chi connectivity index (χ1n) is 3.22. The maximum atomic E-state index is 5.11. The molecule has 8 heteroatoms. The number of nitrogens with two attached hydrogens (primary N) is 2. The van der Waals surface area contributed by atoms with Crippen LogP contribution in [0.2, 0.25) is 0 Å². The van der Waals surface area contributed by atoms with Gasteiger partial charge in [-0.05, 0) is 12.1 Å². The molecule has 0 aliphatic heterocycles. The maximum absolute atomic E-state index is 5.11. The summed E-state index contributed by atoms with van der Waals surface area (Å²) in [7, 11) is 9.75. The molecule has 0 bridgehead atoms. The van der Waals surface area contributed by atoms with Gasteiger partial charge in [0.25, 0.3) is 0 Å². The first-order valence-corrected chi connectivity index (χ1v) is 8.85. The third kappa shape index (κ3) is 1670. The molecule has 0 aliphatic carbocycles. The minimum atomic E-state index is -0.472. The second-order valence-corrected chi connectivity index (χ2v) is 5.82. The van der Waals surface area contributed by atoms with Crippen LogP contribution in [0.5, 0.6) is 0 Å². The average Bonchev–Trinajstić information content (AvgIpc) is 1.60. The molecule has 0 atom stereocenters. The quantitative estimate of drug-likeness (QED) is 0.531. The summed E-state index contributed by atoms with van der Waals surface area (Å²) in [4.78, 5) is 0. The molecule has 0 saturated carbocycles. The molecule has 0 unspecified atom stereocenters. The van der Waals surface area contributed by atoms with E-state index in [1.807, 2.05) is 27.7 Å². The molecule has 100 valence electrons. The number of halogens is 2. The first-order chi connectivity index (χ1) is 4.88. The summed E-state index contributed by atoms with van der Waals surface area (Å²) < 4.78 is 0. The van der Waals surface area contributed by atoms with Crippen LogP contribution in [0.15, 0.2) is 0 Å². The SMILES string of the molecule is CC(C)N.CC(C)N.O.O.O.[Cl][Pt][Cl]. The van der Waals surface area contributed by atoms with Gasteiger partial charge in [0.1, 0.15) is 0 Å². The normalized spacial score (nSPS) is 6.71. The monoisotopic (exact) mass is 437 g/mol. The molecule has 5 nitrogen and oxygen atoms in total. The Morgan fingerprint density at radius 1 is 0.786 bits per heavy atom. The fourth-order valence-electron chi connectivity index (χ4n) is 0. The Kier molecular flexibility index (Phi) is 95.6. The predicted octanol–water partition coefficient (Wildman–Crippen LogP) is -0.391. The fraction of sp³-hybridized carbons (Fsp3) is 1.00. The molecule has 0 amide bonds. The average molecular weight is 438 g/mol. The van der Waals surface area contributed by atoms with Crippen LogP contribution in [-0.4, -0.2) is 28.5 Å². The Bertz CT molecular complexity index is 52.8. The van der Waals surface area contributed by atoms with Crippen LogP contribution in [0, 0.1) is 0 Å². The van der Waals surface area contributed by atoms with Gasteiger partial charge in [-0.15, -0.1) is 0 Å². The van der Waals surface area contributed by atoms with Crippen molar-refractivity contribution in [3.05, 3.63) is 0 Å². The van der Waals surface area contributed by atoms with Crippen molar-refractivity contribution >= 4 is 18.8 Å². The van der Waals surface area contributed by atoms with Gasteiger partial charge in [-0.25, -0.2) is 0 Å². The predicted molar refractivity (Wildman–Crippen MR) is 61.2 cm³/mol. The second kappa shape index (κ2) is 36.9. The number of hydrogen-bond donors (Lipinski definition) is 2. The molecular weight excluding hydrogens is 414 g/mol. The number of rotatable bonds is 0. The molecule has 0 fully saturated rings. The zero-order chi connectivity index (χ0) is 9.86. The molecular formula is C6H24Cl2N2O3Pt. The van der Waals surface area contributed by atoms with Crippen LogP contribution in [0.1, 0.15) is 27.7 Å². The standard InChI is InChI=1S/2C3H9N.2ClH.3H2O.Pt/c2*1-3(2)4;;;;;;/h2*3H,4H2,1-2H3;2*1H;3*1H2;/q;;;;;;;+2/p-2. The van der Waals surface area contributed by atoms with Crippen LogP contribution in [0.25, 0.3) is 0 Å². The van der Waals surface area contributed by atoms with E-state index in [4.69, 9.17) is 30.3 Å². The van der Waals surface area contributed by atoms with Gasteiger partial charge in [-0.2, -0.15) is 0 Å². The molecule has 0 aromatic heterocycles. The first kappa shape index (κ1) is 36.3. The van der Waals surface area contributed by atoms with Crippen molar-refractivity contribution < 1.29 is 32.9 Å². The van der Waals surface area contributed by atoms with E-state index in [-0.39, 0.29) is 16.4 Å². The van der Waals surface area contributed by atoms with Gasteiger partial charge in [-0.1, -0.05) is 27.7 Å². The van der Waals surface area contributed by atoms with Crippen molar-refractivity contribution in [1.29, 1.82) is 0 Å². The van der Waals surface area contributed by atoms with E-state index in [0.29, 0.717) is 12.1 Å². The Morgan fingerprint density at radius 2 is 0.786 bits per heavy atom. The van der Waals surface area contributed by atoms with Crippen molar-refractivity contribution in [3.63, 3.8) is 0 Å². The van der Waals surface area contributed by atoms with E-state index in [9.17, 15) is 0 Å². The Balaban J connectivity index is -0.0000000156. The van der Waals surface area contributed by atoms with Gasteiger partial charge in [0, 0.05) is 0 Å². The summed E-state index contributed by atoms with van der Waals surface area (Å²) in [5, 5.41) is 0. The summed E-state index contributed by atoms with van der Waals surface area (Å²) in [5.74, 6) is 0. The van der Waals surface area contributed by atoms with E-state index >= 15 is 0 Å². The number of hydrogen-bond acceptors (Lipinski definition) is 2. The van der Waals surface area contributed by atoms with Crippen molar-refractivity contribution in [2.24, 2.45) is 11.5 Å². The second-order valence-electron chi connectivity index (χ2n) is 2.53. The van der Waals surface area contributed by atoms with Crippen molar-refractivity contribution in [2.45, 2.75) is 39.8 Å². The minimum absolute atomic E-state index is 0. The van der Waals surface area contributed by atoms with Gasteiger partial charge in [0.15, 0.2) is 0 Å². The van der Waals surface area contributed by atoms with E-state index in [1.165, 1.54) is 0 Å². The summed E-state index contributed by atoms with van der Waals surface area (Å²) in [6.45, 7) is 7.78. The van der Waals surface area contributed by atoms with Crippen molar-refractivity contribution in [1.82, 2.24) is 0 Å². The molecule has 14 heavy (non-hydrogen) atoms. The van der Waals surface area contributed by atoms with E-state index in [2.05, 4.69) is 0 Å².